The second-order valence-electron chi connectivity index (χ2n) is 6.66. The normalized spacial score (nSPS) is 11.7. The van der Waals surface area contributed by atoms with E-state index in [1.807, 2.05) is 84.9 Å². The number of ketones is 1. The Morgan fingerprint density at radius 1 is 0.767 bits per heavy atom. The van der Waals surface area contributed by atoms with E-state index in [1.54, 1.807) is 25.5 Å². The van der Waals surface area contributed by atoms with E-state index in [2.05, 4.69) is 10.2 Å². The van der Waals surface area contributed by atoms with E-state index < -0.39 is 0 Å². The molecule has 0 saturated heterocycles. The number of hydrogen-bond donors (Lipinski definition) is 0. The number of Topliss-reactive ketones (excluding diaryl/α,β-unsaturated/α-hetero) is 1. The smallest absolute Gasteiger partial charge is 0.213 e. The van der Waals surface area contributed by atoms with E-state index in [9.17, 15) is 4.79 Å². The van der Waals surface area contributed by atoms with Crippen LogP contribution in [0.4, 0.5) is 0 Å². The number of carbonyl (C=O) groups excluding carboxylic acids is 1. The molecule has 4 heteroatoms. The van der Waals surface area contributed by atoms with Crippen molar-refractivity contribution in [2.45, 2.75) is 0 Å². The monoisotopic (exact) mass is 392 g/mol. The van der Waals surface area contributed by atoms with Crippen LogP contribution in [-0.2, 0) is 0 Å². The number of fused-ring (bicyclic) bond motifs is 1. The van der Waals surface area contributed by atoms with Crippen molar-refractivity contribution in [2.75, 3.05) is 7.11 Å². The fourth-order valence-corrected chi connectivity index (χ4v) is 3.29. The van der Waals surface area contributed by atoms with Gasteiger partial charge in [0.1, 0.15) is 11.5 Å². The van der Waals surface area contributed by atoms with Crippen LogP contribution in [0.5, 0.6) is 5.75 Å². The highest BCUT2D eigenvalue weighted by atomic mass is 16.5. The Kier molecular flexibility index (Phi) is 5.76. The van der Waals surface area contributed by atoms with Crippen molar-refractivity contribution in [3.05, 3.63) is 114 Å². The van der Waals surface area contributed by atoms with Gasteiger partial charge in [-0.15, -0.1) is 5.10 Å². The summed E-state index contributed by atoms with van der Waals surface area (Å²) in [5.74, 6) is 0.520. The van der Waals surface area contributed by atoms with Gasteiger partial charge in [-0.25, -0.2) is 0 Å². The summed E-state index contributed by atoms with van der Waals surface area (Å²) in [6, 6.07) is 30.4. The van der Waals surface area contributed by atoms with Gasteiger partial charge in [-0.05, 0) is 16.8 Å². The molecule has 30 heavy (non-hydrogen) atoms. The summed E-state index contributed by atoms with van der Waals surface area (Å²) in [6.07, 6.45) is 1.64. The van der Waals surface area contributed by atoms with Gasteiger partial charge < -0.3 is 4.74 Å². The minimum absolute atomic E-state index is 0.177. The Morgan fingerprint density at radius 3 is 2.10 bits per heavy atom. The third kappa shape index (κ3) is 4.03. The number of rotatable bonds is 6. The third-order valence-electron chi connectivity index (χ3n) is 4.79. The summed E-state index contributed by atoms with van der Waals surface area (Å²) < 4.78 is 5.51. The molecule has 0 radical (unpaired) electrons. The molecule has 0 fully saturated rings. The summed E-state index contributed by atoms with van der Waals surface area (Å²) in [6.45, 7) is 0. The standard InChI is InChI=1S/C26H20N2O2/c1-30-24-17-16-19-10-8-9-15-22(19)23(24)18-27-28-25(20-11-4-2-5-12-20)26(29)21-13-6-3-7-14-21/h2-18H,1H3/b27-18+,28-25+. The van der Waals surface area contributed by atoms with Crippen molar-refractivity contribution in [3.8, 4) is 5.75 Å². The highest BCUT2D eigenvalue weighted by Crippen LogP contribution is 2.26. The van der Waals surface area contributed by atoms with Crippen LogP contribution in [0.1, 0.15) is 21.5 Å². The highest BCUT2D eigenvalue weighted by molar-refractivity contribution is 6.51. The maximum atomic E-state index is 13.1. The van der Waals surface area contributed by atoms with Gasteiger partial charge in [0.15, 0.2) is 0 Å². The van der Waals surface area contributed by atoms with Crippen LogP contribution >= 0.6 is 0 Å². The molecule has 0 amide bonds. The Hall–Kier alpha value is -4.05. The van der Waals surface area contributed by atoms with Gasteiger partial charge in [-0.3, -0.25) is 4.79 Å². The van der Waals surface area contributed by atoms with Gasteiger partial charge in [-0.2, -0.15) is 5.10 Å². The van der Waals surface area contributed by atoms with Gasteiger partial charge >= 0.3 is 0 Å². The van der Waals surface area contributed by atoms with Crippen molar-refractivity contribution in [1.82, 2.24) is 0 Å². The average molecular weight is 392 g/mol. The molecular formula is C26H20N2O2. The van der Waals surface area contributed by atoms with E-state index >= 15 is 0 Å². The molecule has 4 aromatic rings. The summed E-state index contributed by atoms with van der Waals surface area (Å²) in [5, 5.41) is 10.7. The summed E-state index contributed by atoms with van der Waals surface area (Å²) in [5.41, 5.74) is 2.39. The Labute approximate surface area is 175 Å². The number of hydrogen-bond acceptors (Lipinski definition) is 4. The minimum Gasteiger partial charge on any atom is -0.496 e. The lowest BCUT2D eigenvalue weighted by Crippen LogP contribution is -2.15. The maximum absolute atomic E-state index is 13.1. The number of carbonyl (C=O) groups is 1. The molecule has 0 unspecified atom stereocenters. The van der Waals surface area contributed by atoms with Crippen molar-refractivity contribution in [1.29, 1.82) is 0 Å². The SMILES string of the molecule is COc1ccc2ccccc2c1/C=N/N=C(/C(=O)c1ccccc1)c1ccccc1. The van der Waals surface area contributed by atoms with Crippen LogP contribution < -0.4 is 4.74 Å². The first-order chi connectivity index (χ1) is 14.8. The van der Waals surface area contributed by atoms with Crippen molar-refractivity contribution in [2.24, 2.45) is 10.2 Å². The van der Waals surface area contributed by atoms with Gasteiger partial charge in [0, 0.05) is 16.7 Å². The zero-order valence-electron chi connectivity index (χ0n) is 16.5. The molecule has 4 nitrogen and oxygen atoms in total. The van der Waals surface area contributed by atoms with Gasteiger partial charge in [0.25, 0.3) is 0 Å². The maximum Gasteiger partial charge on any atom is 0.213 e. The molecule has 0 aliphatic rings. The fraction of sp³-hybridized carbons (Fsp3) is 0.0385. The van der Waals surface area contributed by atoms with Crippen molar-refractivity contribution in [3.63, 3.8) is 0 Å². The van der Waals surface area contributed by atoms with Crippen LogP contribution in [0.3, 0.4) is 0 Å². The van der Waals surface area contributed by atoms with Crippen molar-refractivity contribution < 1.29 is 9.53 Å². The average Bonchev–Trinajstić information content (AvgIpc) is 2.82. The molecule has 0 heterocycles. The van der Waals surface area contributed by atoms with Crippen LogP contribution in [0, 0.1) is 0 Å². The summed E-state index contributed by atoms with van der Waals surface area (Å²) >= 11 is 0. The first-order valence-electron chi connectivity index (χ1n) is 9.60. The van der Waals surface area contributed by atoms with Crippen LogP contribution in [0.25, 0.3) is 10.8 Å². The molecule has 0 aliphatic heterocycles. The topological polar surface area (TPSA) is 51.0 Å². The molecule has 4 aromatic carbocycles. The quantitative estimate of drug-likeness (QED) is 0.245. The summed E-state index contributed by atoms with van der Waals surface area (Å²) in [4.78, 5) is 13.1. The molecule has 0 N–H and O–H groups in total. The van der Waals surface area contributed by atoms with Gasteiger partial charge in [-0.1, -0.05) is 91.0 Å². The lowest BCUT2D eigenvalue weighted by Gasteiger charge is -2.08. The predicted octanol–water partition coefficient (Wildman–Crippen LogP) is 5.55. The lowest BCUT2D eigenvalue weighted by atomic mass is 10.0. The molecule has 0 atom stereocenters. The van der Waals surface area contributed by atoms with E-state index in [1.165, 1.54) is 0 Å². The predicted molar refractivity (Wildman–Crippen MR) is 122 cm³/mol. The van der Waals surface area contributed by atoms with E-state index in [-0.39, 0.29) is 11.5 Å². The zero-order valence-corrected chi connectivity index (χ0v) is 16.5. The largest absolute Gasteiger partial charge is 0.496 e. The molecule has 0 bridgehead atoms. The zero-order chi connectivity index (χ0) is 20.8. The number of methoxy groups -OCH3 is 1. The van der Waals surface area contributed by atoms with Gasteiger partial charge in [0.05, 0.1) is 13.3 Å². The third-order valence-corrected chi connectivity index (χ3v) is 4.79. The fourth-order valence-electron chi connectivity index (χ4n) is 3.29. The molecule has 4 rings (SSSR count). The molecule has 0 spiro atoms. The molecule has 0 aromatic heterocycles. The number of ether oxygens (including phenoxy) is 1. The van der Waals surface area contributed by atoms with E-state index in [0.29, 0.717) is 16.9 Å². The van der Waals surface area contributed by atoms with E-state index in [0.717, 1.165) is 16.3 Å². The second-order valence-corrected chi connectivity index (χ2v) is 6.66. The molecular weight excluding hydrogens is 372 g/mol. The van der Waals surface area contributed by atoms with Crippen LogP contribution in [0.15, 0.2) is 107 Å². The van der Waals surface area contributed by atoms with Crippen LogP contribution in [-0.4, -0.2) is 24.8 Å². The van der Waals surface area contributed by atoms with Crippen LogP contribution in [0.2, 0.25) is 0 Å². The second kappa shape index (κ2) is 8.97. The number of benzene rings is 4. The minimum atomic E-state index is -0.177. The van der Waals surface area contributed by atoms with Gasteiger partial charge in [0.2, 0.25) is 5.78 Å². The molecule has 146 valence electrons. The Balaban J connectivity index is 1.78. The first-order valence-corrected chi connectivity index (χ1v) is 9.60. The lowest BCUT2D eigenvalue weighted by molar-refractivity contribution is 0.106. The van der Waals surface area contributed by atoms with Crippen molar-refractivity contribution >= 4 is 28.5 Å². The number of nitrogens with zero attached hydrogens (tertiary/aromatic N) is 2. The Bertz CT molecular complexity index is 1230. The first kappa shape index (κ1) is 19.3. The Morgan fingerprint density at radius 2 is 1.40 bits per heavy atom. The molecule has 0 aliphatic carbocycles. The molecule has 0 saturated carbocycles. The summed E-state index contributed by atoms with van der Waals surface area (Å²) in [7, 11) is 1.62. The van der Waals surface area contributed by atoms with E-state index in [4.69, 9.17) is 4.74 Å². The highest BCUT2D eigenvalue weighted by Gasteiger charge is 2.16.